The van der Waals surface area contributed by atoms with Crippen molar-refractivity contribution < 1.29 is 19.8 Å². The Balaban J connectivity index is 1.73. The third-order valence-electron chi connectivity index (χ3n) is 5.49. The van der Waals surface area contributed by atoms with Crippen molar-refractivity contribution in [2.45, 2.75) is 11.4 Å². The minimum atomic E-state index is -2.40. The van der Waals surface area contributed by atoms with Crippen LogP contribution in [0.2, 0.25) is 0 Å². The van der Waals surface area contributed by atoms with Crippen LogP contribution in [0.3, 0.4) is 0 Å². The van der Waals surface area contributed by atoms with Crippen molar-refractivity contribution >= 4 is 11.6 Å². The van der Waals surface area contributed by atoms with Gasteiger partial charge >= 0.3 is 0 Å². The van der Waals surface area contributed by atoms with Crippen molar-refractivity contribution in [1.29, 1.82) is 0 Å². The number of Topliss-reactive ketones (excluding diaryl/α,β-unsaturated/α-hetero) is 2. The Morgan fingerprint density at radius 2 is 0.971 bits per heavy atom. The maximum Gasteiger partial charge on any atom is 0.268 e. The molecular formula is C28H23N3O4. The fourth-order valence-electron chi connectivity index (χ4n) is 3.59. The molecule has 7 nitrogen and oxygen atoms in total. The first-order chi connectivity index (χ1) is 16.9. The molecule has 0 saturated carbocycles. The number of nitrogens with zero attached hydrogens (tertiary/aromatic N) is 2. The summed E-state index contributed by atoms with van der Waals surface area (Å²) in [6.07, 6.45) is 0. The molecular weight excluding hydrogens is 442 g/mol. The topological polar surface area (TPSA) is 111 Å². The molecule has 0 radical (unpaired) electrons. The predicted octanol–water partition coefficient (Wildman–Crippen LogP) is 4.40. The number of rotatable bonds is 9. The predicted molar refractivity (Wildman–Crippen MR) is 130 cm³/mol. The van der Waals surface area contributed by atoms with Crippen LogP contribution in [0.1, 0.15) is 31.8 Å². The fraction of sp³-hybridized carbons (Fsp3) is 0.0714. The van der Waals surface area contributed by atoms with Gasteiger partial charge in [0.2, 0.25) is 17.3 Å². The van der Waals surface area contributed by atoms with Gasteiger partial charge in [-0.2, -0.15) is 0 Å². The molecule has 0 amide bonds. The number of hydrogen-bond donors (Lipinski definition) is 3. The molecule has 0 spiro atoms. The minimum Gasteiger partial charge on any atom is -0.360 e. The molecule has 35 heavy (non-hydrogen) atoms. The molecule has 0 aliphatic carbocycles. The number of benzene rings is 4. The van der Waals surface area contributed by atoms with E-state index in [2.05, 4.69) is 15.8 Å². The molecule has 2 unspecified atom stereocenters. The van der Waals surface area contributed by atoms with Crippen LogP contribution >= 0.6 is 0 Å². The number of hydrogen-bond acceptors (Lipinski definition) is 6. The third-order valence-corrected chi connectivity index (χ3v) is 5.49. The first-order valence-electron chi connectivity index (χ1n) is 10.9. The van der Waals surface area contributed by atoms with Crippen molar-refractivity contribution in [2.24, 2.45) is 10.3 Å². The monoisotopic (exact) mass is 465 g/mol. The van der Waals surface area contributed by atoms with Crippen LogP contribution in [0.15, 0.2) is 132 Å². The van der Waals surface area contributed by atoms with Gasteiger partial charge in [-0.1, -0.05) is 127 Å². The van der Waals surface area contributed by atoms with Crippen LogP contribution < -0.4 is 5.43 Å². The van der Waals surface area contributed by atoms with Crippen molar-refractivity contribution in [1.82, 2.24) is 5.43 Å². The van der Waals surface area contributed by atoms with Crippen LogP contribution in [0.25, 0.3) is 0 Å². The van der Waals surface area contributed by atoms with Crippen LogP contribution in [0, 0.1) is 0 Å². The second-order valence-corrected chi connectivity index (χ2v) is 7.82. The second-order valence-electron chi connectivity index (χ2n) is 7.82. The van der Waals surface area contributed by atoms with Gasteiger partial charge in [0.05, 0.1) is 0 Å². The Hall–Kier alpha value is -4.46. The number of nitrogens with one attached hydrogen (secondary N) is 1. The summed E-state index contributed by atoms with van der Waals surface area (Å²) in [7, 11) is 0. The first kappa shape index (κ1) is 23.7. The normalized spacial score (nSPS) is 14.6. The van der Waals surface area contributed by atoms with E-state index in [1.807, 2.05) is 0 Å². The van der Waals surface area contributed by atoms with Crippen molar-refractivity contribution in [2.75, 3.05) is 0 Å². The molecule has 4 aromatic rings. The van der Waals surface area contributed by atoms with E-state index in [4.69, 9.17) is 0 Å². The highest BCUT2D eigenvalue weighted by atomic mass is 16.3. The Morgan fingerprint density at radius 1 is 0.571 bits per heavy atom. The molecule has 0 aliphatic rings. The van der Waals surface area contributed by atoms with Gasteiger partial charge in [-0.05, 0) is 0 Å². The SMILES string of the molecule is O=C(c1ccccc1)C(O)(N=NNC(O)(C(=O)c1ccccc1)c1ccccc1)c1ccccc1. The van der Waals surface area contributed by atoms with Crippen molar-refractivity contribution in [3.8, 4) is 0 Å². The van der Waals surface area contributed by atoms with Crippen LogP contribution in [0.4, 0.5) is 0 Å². The zero-order chi connectivity index (χ0) is 24.7. The highest BCUT2D eigenvalue weighted by molar-refractivity contribution is 6.03. The second kappa shape index (κ2) is 10.2. The largest absolute Gasteiger partial charge is 0.360 e. The Morgan fingerprint density at radius 3 is 1.46 bits per heavy atom. The zero-order valence-corrected chi connectivity index (χ0v) is 18.7. The number of carbonyl (C=O) groups is 2. The van der Waals surface area contributed by atoms with Crippen molar-refractivity contribution in [3.05, 3.63) is 144 Å². The first-order valence-corrected chi connectivity index (χ1v) is 10.9. The van der Waals surface area contributed by atoms with E-state index in [1.165, 1.54) is 0 Å². The van der Waals surface area contributed by atoms with Crippen LogP contribution in [-0.4, -0.2) is 21.8 Å². The molecule has 3 N–H and O–H groups in total. The maximum atomic E-state index is 13.3. The molecule has 7 heteroatoms. The zero-order valence-electron chi connectivity index (χ0n) is 18.7. The van der Waals surface area contributed by atoms with E-state index in [1.54, 1.807) is 121 Å². The number of carbonyl (C=O) groups excluding carboxylic acids is 2. The number of ketones is 2. The standard InChI is InChI=1S/C28H23N3O4/c32-25(21-13-5-1-6-14-21)27(34,23-17-9-3-10-18-23)29-31-30-28(35,24-19-11-4-12-20-24)26(33)22-15-7-2-8-16-22/h1-20,34-35H,(H,29,30). The molecule has 2 atom stereocenters. The lowest BCUT2D eigenvalue weighted by Gasteiger charge is -2.27. The molecule has 0 heterocycles. The van der Waals surface area contributed by atoms with Crippen molar-refractivity contribution in [3.63, 3.8) is 0 Å². The van der Waals surface area contributed by atoms with Crippen LogP contribution in [0.5, 0.6) is 0 Å². The summed E-state index contributed by atoms with van der Waals surface area (Å²) in [5.74, 6) is -1.40. The highest BCUT2D eigenvalue weighted by Crippen LogP contribution is 2.29. The van der Waals surface area contributed by atoms with Gasteiger partial charge in [0.15, 0.2) is 0 Å². The molecule has 4 aromatic carbocycles. The summed E-state index contributed by atoms with van der Waals surface area (Å²) in [6, 6.07) is 32.7. The third kappa shape index (κ3) is 4.91. The van der Waals surface area contributed by atoms with Gasteiger partial charge in [-0.3, -0.25) is 9.59 Å². The van der Waals surface area contributed by atoms with Gasteiger partial charge in [-0.15, -0.1) is 5.11 Å². The molecule has 0 fully saturated rings. The molecule has 4 rings (SSSR count). The average Bonchev–Trinajstić information content (AvgIpc) is 2.94. The Labute approximate surface area is 202 Å². The van der Waals surface area contributed by atoms with E-state index in [9.17, 15) is 19.8 Å². The lowest BCUT2D eigenvalue weighted by atomic mass is 9.94. The quantitative estimate of drug-likeness (QED) is 0.147. The molecule has 0 bridgehead atoms. The average molecular weight is 466 g/mol. The summed E-state index contributed by atoms with van der Waals surface area (Å²) in [4.78, 5) is 26.6. The van der Waals surface area contributed by atoms with E-state index >= 15 is 0 Å². The minimum absolute atomic E-state index is 0.178. The van der Waals surface area contributed by atoms with E-state index in [0.29, 0.717) is 0 Å². The number of aliphatic hydroxyl groups is 2. The van der Waals surface area contributed by atoms with Crippen LogP contribution in [-0.2, 0) is 11.4 Å². The summed E-state index contributed by atoms with van der Waals surface area (Å²) in [5, 5.41) is 30.5. The van der Waals surface area contributed by atoms with Gasteiger partial charge in [-0.25, -0.2) is 5.43 Å². The Kier molecular flexibility index (Phi) is 6.91. The van der Waals surface area contributed by atoms with E-state index in [-0.39, 0.29) is 22.3 Å². The van der Waals surface area contributed by atoms with Gasteiger partial charge in [0.1, 0.15) is 0 Å². The van der Waals surface area contributed by atoms with Gasteiger partial charge in [0, 0.05) is 22.3 Å². The van der Waals surface area contributed by atoms with Gasteiger partial charge < -0.3 is 10.2 Å². The lowest BCUT2D eigenvalue weighted by Crippen LogP contribution is -2.47. The summed E-state index contributed by atoms with van der Waals surface area (Å²) >= 11 is 0. The molecule has 0 aromatic heterocycles. The maximum absolute atomic E-state index is 13.3. The molecule has 0 aliphatic heterocycles. The smallest absolute Gasteiger partial charge is 0.268 e. The summed E-state index contributed by atoms with van der Waals surface area (Å²) in [5.41, 5.74) is -1.46. The fourth-order valence-corrected chi connectivity index (χ4v) is 3.59. The summed E-state index contributed by atoms with van der Waals surface area (Å²) in [6.45, 7) is 0. The van der Waals surface area contributed by atoms with Gasteiger partial charge in [0.25, 0.3) is 5.72 Å². The molecule has 0 saturated heterocycles. The van der Waals surface area contributed by atoms with E-state index in [0.717, 1.165) is 0 Å². The lowest BCUT2D eigenvalue weighted by molar-refractivity contribution is 0.00202. The highest BCUT2D eigenvalue weighted by Gasteiger charge is 2.41. The molecule has 174 valence electrons. The Bertz CT molecular complexity index is 1320. The summed E-state index contributed by atoms with van der Waals surface area (Å²) < 4.78 is 0. The van der Waals surface area contributed by atoms with E-state index < -0.39 is 23.0 Å².